The highest BCUT2D eigenvalue weighted by Gasteiger charge is 2.16. The number of hydrogen-bond donors (Lipinski definition) is 1. The second kappa shape index (κ2) is 5.72. The molecule has 6 nitrogen and oxygen atoms in total. The van der Waals surface area contributed by atoms with Crippen LogP contribution in [0.5, 0.6) is 0 Å². The van der Waals surface area contributed by atoms with Crippen molar-refractivity contribution in [2.24, 2.45) is 0 Å². The van der Waals surface area contributed by atoms with Crippen molar-refractivity contribution < 1.29 is 23.2 Å². The quantitative estimate of drug-likeness (QED) is 0.670. The van der Waals surface area contributed by atoms with Crippen molar-refractivity contribution in [2.45, 2.75) is 0 Å². The van der Waals surface area contributed by atoms with Crippen molar-refractivity contribution in [3.05, 3.63) is 54.0 Å². The first-order chi connectivity index (χ1) is 9.20. The van der Waals surface area contributed by atoms with E-state index in [1.165, 1.54) is 31.8 Å². The first-order valence-corrected chi connectivity index (χ1v) is 5.39. The molecule has 2 heterocycles. The lowest BCUT2D eigenvalue weighted by Gasteiger charge is -2.05. The summed E-state index contributed by atoms with van der Waals surface area (Å²) in [5.74, 6) is -0.723. The number of esters is 1. The minimum atomic E-state index is -0.684. The minimum absolute atomic E-state index is 0.0427. The highest BCUT2D eigenvalue weighted by Crippen LogP contribution is 2.08. The van der Waals surface area contributed by atoms with Crippen LogP contribution >= 0.6 is 0 Å². The highest BCUT2D eigenvalue weighted by molar-refractivity contribution is 6.01. The largest absolute Gasteiger partial charge is 0.465 e. The first-order valence-electron chi connectivity index (χ1n) is 5.39. The number of furan rings is 2. The summed E-state index contributed by atoms with van der Waals surface area (Å²) >= 11 is 0. The van der Waals surface area contributed by atoms with Gasteiger partial charge in [-0.25, -0.2) is 4.79 Å². The summed E-state index contributed by atoms with van der Waals surface area (Å²) in [6.07, 6.45) is 4.19. The number of amides is 1. The third-order valence-corrected chi connectivity index (χ3v) is 2.23. The van der Waals surface area contributed by atoms with Crippen molar-refractivity contribution >= 4 is 18.0 Å². The molecular weight excluding hydrogens is 250 g/mol. The van der Waals surface area contributed by atoms with Crippen molar-refractivity contribution in [3.63, 3.8) is 0 Å². The van der Waals surface area contributed by atoms with Crippen LogP contribution in [-0.4, -0.2) is 19.0 Å². The van der Waals surface area contributed by atoms with Gasteiger partial charge in [-0.3, -0.25) is 4.79 Å². The van der Waals surface area contributed by atoms with Gasteiger partial charge in [-0.1, -0.05) is 0 Å². The molecule has 1 amide bonds. The van der Waals surface area contributed by atoms with Crippen molar-refractivity contribution in [1.29, 1.82) is 0 Å². The average molecular weight is 261 g/mol. The predicted molar refractivity (Wildman–Crippen MR) is 64.9 cm³/mol. The van der Waals surface area contributed by atoms with E-state index in [-0.39, 0.29) is 11.5 Å². The lowest BCUT2D eigenvalue weighted by atomic mass is 10.3. The van der Waals surface area contributed by atoms with Crippen LogP contribution in [0.15, 0.2) is 51.3 Å². The monoisotopic (exact) mass is 261 g/mol. The van der Waals surface area contributed by atoms with E-state index in [1.807, 2.05) is 0 Å². The van der Waals surface area contributed by atoms with Gasteiger partial charge in [-0.05, 0) is 24.3 Å². The van der Waals surface area contributed by atoms with Crippen molar-refractivity contribution in [2.75, 3.05) is 7.11 Å². The van der Waals surface area contributed by atoms with Gasteiger partial charge in [-0.2, -0.15) is 0 Å². The summed E-state index contributed by atoms with van der Waals surface area (Å²) in [5.41, 5.74) is -0.0427. The molecule has 0 atom stereocenters. The van der Waals surface area contributed by atoms with E-state index < -0.39 is 11.9 Å². The highest BCUT2D eigenvalue weighted by atomic mass is 16.5. The van der Waals surface area contributed by atoms with Gasteiger partial charge in [0.1, 0.15) is 11.5 Å². The Kier molecular flexibility index (Phi) is 3.82. The van der Waals surface area contributed by atoms with Gasteiger partial charge in [-0.15, -0.1) is 0 Å². The first kappa shape index (κ1) is 12.7. The van der Waals surface area contributed by atoms with Gasteiger partial charge >= 0.3 is 5.97 Å². The van der Waals surface area contributed by atoms with Gasteiger partial charge < -0.3 is 18.9 Å². The maximum absolute atomic E-state index is 11.8. The number of carbonyl (C=O) groups is 2. The van der Waals surface area contributed by atoms with Crippen LogP contribution < -0.4 is 5.32 Å². The zero-order chi connectivity index (χ0) is 13.7. The summed E-state index contributed by atoms with van der Waals surface area (Å²) in [6.45, 7) is 0. The molecular formula is C13H11NO5. The topological polar surface area (TPSA) is 81.7 Å². The smallest absolute Gasteiger partial charge is 0.354 e. The van der Waals surface area contributed by atoms with Crippen LogP contribution in [0.1, 0.15) is 16.3 Å². The normalized spacial score (nSPS) is 11.1. The van der Waals surface area contributed by atoms with Gasteiger partial charge in [0.25, 0.3) is 5.91 Å². The molecule has 0 fully saturated rings. The molecule has 0 unspecified atom stereocenters. The third kappa shape index (κ3) is 3.12. The molecule has 0 aliphatic rings. The summed E-state index contributed by atoms with van der Waals surface area (Å²) in [5, 5.41) is 2.40. The molecule has 0 bridgehead atoms. The van der Waals surface area contributed by atoms with Crippen LogP contribution in [-0.2, 0) is 9.53 Å². The fraction of sp³-hybridized carbons (Fsp3) is 0.0769. The molecule has 2 rings (SSSR count). The number of ether oxygens (including phenoxy) is 1. The fourth-order valence-electron chi connectivity index (χ4n) is 1.36. The van der Waals surface area contributed by atoms with E-state index in [1.54, 1.807) is 18.2 Å². The van der Waals surface area contributed by atoms with E-state index >= 15 is 0 Å². The van der Waals surface area contributed by atoms with Gasteiger partial charge in [0.2, 0.25) is 0 Å². The molecule has 0 saturated heterocycles. The maximum atomic E-state index is 11.8. The number of nitrogens with one attached hydrogen (secondary N) is 1. The summed E-state index contributed by atoms with van der Waals surface area (Å²) in [6, 6.07) is 6.36. The lowest BCUT2D eigenvalue weighted by molar-refractivity contribution is -0.136. The number of rotatable bonds is 4. The lowest BCUT2D eigenvalue weighted by Crippen LogP contribution is -2.27. The second-order valence-electron chi connectivity index (χ2n) is 3.50. The maximum Gasteiger partial charge on any atom is 0.354 e. The molecule has 0 aliphatic carbocycles. The number of carbonyl (C=O) groups excluding carboxylic acids is 2. The Morgan fingerprint density at radius 2 is 1.95 bits per heavy atom. The van der Waals surface area contributed by atoms with Gasteiger partial charge in [0, 0.05) is 6.08 Å². The van der Waals surface area contributed by atoms with E-state index in [9.17, 15) is 9.59 Å². The van der Waals surface area contributed by atoms with Crippen molar-refractivity contribution in [3.8, 4) is 0 Å². The molecule has 2 aromatic heterocycles. The summed E-state index contributed by atoms with van der Waals surface area (Å²) in [4.78, 5) is 23.3. The average Bonchev–Trinajstić information content (AvgIpc) is 3.09. The molecule has 19 heavy (non-hydrogen) atoms. The van der Waals surface area contributed by atoms with Crippen LogP contribution in [0.4, 0.5) is 0 Å². The second-order valence-corrected chi connectivity index (χ2v) is 3.50. The molecule has 1 N–H and O–H groups in total. The molecule has 0 radical (unpaired) electrons. The minimum Gasteiger partial charge on any atom is -0.465 e. The SMILES string of the molecule is COC(=O)/C(=C/c1ccco1)NC(=O)c1ccco1. The van der Waals surface area contributed by atoms with Gasteiger partial charge in [0.15, 0.2) is 5.76 Å². The van der Waals surface area contributed by atoms with Crippen LogP contribution in [0, 0.1) is 0 Å². The molecule has 0 aromatic carbocycles. The molecule has 0 saturated carbocycles. The Morgan fingerprint density at radius 3 is 2.53 bits per heavy atom. The zero-order valence-electron chi connectivity index (χ0n) is 10.1. The molecule has 0 aliphatic heterocycles. The fourth-order valence-corrected chi connectivity index (χ4v) is 1.36. The summed E-state index contributed by atoms with van der Waals surface area (Å²) in [7, 11) is 1.22. The summed E-state index contributed by atoms with van der Waals surface area (Å²) < 4.78 is 14.6. The Morgan fingerprint density at radius 1 is 1.21 bits per heavy atom. The Labute approximate surface area is 108 Å². The van der Waals surface area contributed by atoms with E-state index in [4.69, 9.17) is 8.83 Å². The Balaban J connectivity index is 2.20. The van der Waals surface area contributed by atoms with Gasteiger partial charge in [0.05, 0.1) is 19.6 Å². The van der Waals surface area contributed by atoms with E-state index in [0.717, 1.165) is 0 Å². The Bertz CT molecular complexity index is 581. The number of methoxy groups -OCH3 is 1. The van der Waals surface area contributed by atoms with Crippen LogP contribution in [0.3, 0.4) is 0 Å². The molecule has 2 aromatic rings. The molecule has 98 valence electrons. The molecule has 0 spiro atoms. The predicted octanol–water partition coefficient (Wildman–Crippen LogP) is 1.82. The van der Waals surface area contributed by atoms with Crippen LogP contribution in [0.2, 0.25) is 0 Å². The Hall–Kier alpha value is -2.76. The number of hydrogen-bond acceptors (Lipinski definition) is 5. The van der Waals surface area contributed by atoms with E-state index in [2.05, 4.69) is 10.1 Å². The zero-order valence-corrected chi connectivity index (χ0v) is 10.1. The standard InChI is InChI=1S/C13H11NO5/c1-17-13(16)10(8-9-4-2-6-18-9)14-12(15)11-5-3-7-19-11/h2-8H,1H3,(H,14,15)/b10-8-. The molecule has 6 heteroatoms. The van der Waals surface area contributed by atoms with Crippen molar-refractivity contribution in [1.82, 2.24) is 5.32 Å². The van der Waals surface area contributed by atoms with Crippen LogP contribution in [0.25, 0.3) is 6.08 Å². The van der Waals surface area contributed by atoms with E-state index in [0.29, 0.717) is 5.76 Å². The third-order valence-electron chi connectivity index (χ3n) is 2.23.